The van der Waals surface area contributed by atoms with Crippen molar-refractivity contribution < 1.29 is 14.3 Å². The maximum absolute atomic E-state index is 13.0. The van der Waals surface area contributed by atoms with Crippen molar-refractivity contribution in [1.29, 1.82) is 0 Å². The summed E-state index contributed by atoms with van der Waals surface area (Å²) in [6.07, 6.45) is 3.25. The highest BCUT2D eigenvalue weighted by Crippen LogP contribution is 2.40. The third-order valence-electron chi connectivity index (χ3n) is 4.96. The van der Waals surface area contributed by atoms with Crippen LogP contribution in [0.15, 0.2) is 18.2 Å². The lowest BCUT2D eigenvalue weighted by molar-refractivity contribution is 0.0733. The zero-order valence-corrected chi connectivity index (χ0v) is 12.3. The number of carbonyl (C=O) groups excluding carboxylic acids is 1. The van der Waals surface area contributed by atoms with E-state index in [0.29, 0.717) is 0 Å². The normalized spacial score (nSPS) is 21.9. The van der Waals surface area contributed by atoms with Gasteiger partial charge in [0.2, 0.25) is 0 Å². The number of amides is 1. The molecular formula is C16H21FN2O2. The molecule has 1 N–H and O–H groups in total. The molecule has 1 amide bonds. The Kier molecular flexibility index (Phi) is 3.61. The largest absolute Gasteiger partial charge is 0.507 e. The molecule has 21 heavy (non-hydrogen) atoms. The lowest BCUT2D eigenvalue weighted by atomic mass is 9.78. The smallest absolute Gasteiger partial charge is 0.257 e. The van der Waals surface area contributed by atoms with Crippen molar-refractivity contribution in [3.05, 3.63) is 29.6 Å². The van der Waals surface area contributed by atoms with Gasteiger partial charge in [-0.05, 0) is 56.9 Å². The monoisotopic (exact) mass is 292 g/mol. The number of likely N-dealkylation sites (tertiary alicyclic amines) is 2. The average molecular weight is 292 g/mol. The number of aromatic hydroxyl groups is 1. The van der Waals surface area contributed by atoms with Crippen LogP contribution in [0.3, 0.4) is 0 Å². The van der Waals surface area contributed by atoms with Crippen molar-refractivity contribution in [2.75, 3.05) is 33.2 Å². The van der Waals surface area contributed by atoms with E-state index in [-0.39, 0.29) is 22.6 Å². The SMILES string of the molecule is CN1CCC2(CC1)CCN(C(=O)c1ccc(F)cc1O)C2. The molecule has 1 aromatic carbocycles. The minimum absolute atomic E-state index is 0.191. The van der Waals surface area contributed by atoms with Crippen molar-refractivity contribution >= 4 is 5.91 Å². The molecule has 0 unspecified atom stereocenters. The maximum atomic E-state index is 13.0. The minimum Gasteiger partial charge on any atom is -0.507 e. The molecule has 2 saturated heterocycles. The molecule has 1 aromatic rings. The Hall–Kier alpha value is -1.62. The molecule has 4 nitrogen and oxygen atoms in total. The van der Waals surface area contributed by atoms with E-state index >= 15 is 0 Å². The zero-order chi connectivity index (χ0) is 15.0. The fraction of sp³-hybridized carbons (Fsp3) is 0.562. The number of halogens is 1. The van der Waals surface area contributed by atoms with Gasteiger partial charge in [0.1, 0.15) is 11.6 Å². The van der Waals surface area contributed by atoms with Crippen molar-refractivity contribution in [1.82, 2.24) is 9.80 Å². The first-order valence-electron chi connectivity index (χ1n) is 7.45. The first-order chi connectivity index (χ1) is 9.99. The van der Waals surface area contributed by atoms with Gasteiger partial charge in [0.05, 0.1) is 5.56 Å². The van der Waals surface area contributed by atoms with E-state index in [4.69, 9.17) is 0 Å². The Balaban J connectivity index is 1.72. The molecule has 0 radical (unpaired) electrons. The summed E-state index contributed by atoms with van der Waals surface area (Å²) in [5.41, 5.74) is 0.430. The Labute approximate surface area is 124 Å². The van der Waals surface area contributed by atoms with Gasteiger partial charge in [0.15, 0.2) is 0 Å². The van der Waals surface area contributed by atoms with Crippen LogP contribution in [0.4, 0.5) is 4.39 Å². The molecule has 0 saturated carbocycles. The van der Waals surface area contributed by atoms with Gasteiger partial charge < -0.3 is 14.9 Å². The number of carbonyl (C=O) groups is 1. The number of benzene rings is 1. The van der Waals surface area contributed by atoms with E-state index in [0.717, 1.165) is 51.5 Å². The van der Waals surface area contributed by atoms with Gasteiger partial charge >= 0.3 is 0 Å². The lowest BCUT2D eigenvalue weighted by Gasteiger charge is -2.37. The van der Waals surface area contributed by atoms with Gasteiger partial charge in [-0.2, -0.15) is 0 Å². The molecule has 5 heteroatoms. The van der Waals surface area contributed by atoms with Crippen molar-refractivity contribution in [2.45, 2.75) is 19.3 Å². The Bertz CT molecular complexity index is 553. The second kappa shape index (κ2) is 5.30. The second-order valence-corrected chi connectivity index (χ2v) is 6.44. The highest BCUT2D eigenvalue weighted by molar-refractivity contribution is 5.97. The van der Waals surface area contributed by atoms with Crippen LogP contribution in [0.5, 0.6) is 5.75 Å². The molecule has 1 spiro atoms. The van der Waals surface area contributed by atoms with E-state index < -0.39 is 5.82 Å². The molecule has 2 heterocycles. The van der Waals surface area contributed by atoms with Gasteiger partial charge in [-0.15, -0.1) is 0 Å². The molecular weight excluding hydrogens is 271 g/mol. The number of nitrogens with zero attached hydrogens (tertiary/aromatic N) is 2. The summed E-state index contributed by atoms with van der Waals surface area (Å²) in [6, 6.07) is 3.58. The van der Waals surface area contributed by atoms with Gasteiger partial charge in [0.25, 0.3) is 5.91 Å². The number of phenolic OH excluding ortho intramolecular Hbond substituents is 1. The lowest BCUT2D eigenvalue weighted by Crippen LogP contribution is -2.40. The van der Waals surface area contributed by atoms with E-state index in [1.165, 1.54) is 12.1 Å². The van der Waals surface area contributed by atoms with Gasteiger partial charge in [-0.1, -0.05) is 0 Å². The van der Waals surface area contributed by atoms with E-state index in [2.05, 4.69) is 11.9 Å². The number of phenols is 1. The highest BCUT2D eigenvalue weighted by Gasteiger charge is 2.41. The van der Waals surface area contributed by atoms with Crippen LogP contribution < -0.4 is 0 Å². The predicted molar refractivity (Wildman–Crippen MR) is 77.7 cm³/mol. The Morgan fingerprint density at radius 2 is 1.90 bits per heavy atom. The van der Waals surface area contributed by atoms with Crippen LogP contribution in [0, 0.1) is 11.2 Å². The van der Waals surface area contributed by atoms with E-state index in [1.807, 2.05) is 0 Å². The summed E-state index contributed by atoms with van der Waals surface area (Å²) in [7, 11) is 2.13. The Morgan fingerprint density at radius 3 is 2.57 bits per heavy atom. The standard InChI is InChI=1S/C16H21FN2O2/c1-18-7-4-16(5-8-18)6-9-19(11-16)15(21)13-3-2-12(17)10-14(13)20/h2-3,10,20H,4-9,11H2,1H3. The summed E-state index contributed by atoms with van der Waals surface area (Å²) in [6.45, 7) is 3.61. The number of piperidine rings is 1. The van der Waals surface area contributed by atoms with Crippen LogP contribution >= 0.6 is 0 Å². The van der Waals surface area contributed by atoms with Crippen LogP contribution in [0.2, 0.25) is 0 Å². The van der Waals surface area contributed by atoms with E-state index in [9.17, 15) is 14.3 Å². The fourth-order valence-electron chi connectivity index (χ4n) is 3.47. The molecule has 2 aliphatic rings. The number of rotatable bonds is 1. The maximum Gasteiger partial charge on any atom is 0.257 e. The molecule has 0 aliphatic carbocycles. The summed E-state index contributed by atoms with van der Waals surface area (Å²) in [4.78, 5) is 16.6. The average Bonchev–Trinajstić information content (AvgIpc) is 2.86. The molecule has 2 aliphatic heterocycles. The van der Waals surface area contributed by atoms with Gasteiger partial charge in [-0.25, -0.2) is 4.39 Å². The molecule has 3 rings (SSSR count). The van der Waals surface area contributed by atoms with Crippen LogP contribution in [-0.4, -0.2) is 54.0 Å². The summed E-state index contributed by atoms with van der Waals surface area (Å²) in [5.74, 6) is -0.995. The van der Waals surface area contributed by atoms with Crippen LogP contribution in [0.25, 0.3) is 0 Å². The summed E-state index contributed by atoms with van der Waals surface area (Å²) < 4.78 is 13.0. The van der Waals surface area contributed by atoms with Crippen molar-refractivity contribution in [2.24, 2.45) is 5.41 Å². The Morgan fingerprint density at radius 1 is 1.24 bits per heavy atom. The molecule has 0 aromatic heterocycles. The van der Waals surface area contributed by atoms with Crippen LogP contribution in [-0.2, 0) is 0 Å². The third kappa shape index (κ3) is 2.75. The molecule has 0 bridgehead atoms. The summed E-state index contributed by atoms with van der Waals surface area (Å²) >= 11 is 0. The summed E-state index contributed by atoms with van der Waals surface area (Å²) in [5, 5.41) is 9.76. The topological polar surface area (TPSA) is 43.8 Å². The molecule has 114 valence electrons. The minimum atomic E-state index is -0.530. The van der Waals surface area contributed by atoms with Crippen LogP contribution in [0.1, 0.15) is 29.6 Å². The number of hydrogen-bond donors (Lipinski definition) is 1. The quantitative estimate of drug-likeness (QED) is 0.862. The van der Waals surface area contributed by atoms with Crippen molar-refractivity contribution in [3.8, 4) is 5.75 Å². The van der Waals surface area contributed by atoms with Gasteiger partial charge in [0, 0.05) is 19.2 Å². The third-order valence-corrected chi connectivity index (χ3v) is 4.96. The zero-order valence-electron chi connectivity index (χ0n) is 12.3. The fourth-order valence-corrected chi connectivity index (χ4v) is 3.47. The van der Waals surface area contributed by atoms with E-state index in [1.54, 1.807) is 4.90 Å². The van der Waals surface area contributed by atoms with Crippen molar-refractivity contribution in [3.63, 3.8) is 0 Å². The molecule has 2 fully saturated rings. The molecule has 0 atom stereocenters. The first kappa shape index (κ1) is 14.3. The predicted octanol–water partition coefficient (Wildman–Crippen LogP) is 2.09. The first-order valence-corrected chi connectivity index (χ1v) is 7.45. The van der Waals surface area contributed by atoms with Gasteiger partial charge in [-0.3, -0.25) is 4.79 Å². The number of hydrogen-bond acceptors (Lipinski definition) is 3. The highest BCUT2D eigenvalue weighted by atomic mass is 19.1. The second-order valence-electron chi connectivity index (χ2n) is 6.44.